The van der Waals surface area contributed by atoms with Gasteiger partial charge in [-0.1, -0.05) is 12.1 Å². The Morgan fingerprint density at radius 2 is 2.10 bits per heavy atom. The zero-order valence-corrected chi connectivity index (χ0v) is 13.9. The van der Waals surface area contributed by atoms with E-state index in [0.717, 1.165) is 23.1 Å². The van der Waals surface area contributed by atoms with E-state index in [0.29, 0.717) is 6.54 Å². The van der Waals surface area contributed by atoms with Crippen molar-refractivity contribution >= 4 is 26.8 Å². The van der Waals surface area contributed by atoms with Crippen LogP contribution in [0.2, 0.25) is 0 Å². The molecule has 110 valence electrons. The Bertz CT molecular complexity index is 785. The first kappa shape index (κ1) is 14.4. The lowest BCUT2D eigenvalue weighted by Gasteiger charge is -2.08. The van der Waals surface area contributed by atoms with Crippen molar-refractivity contribution in [3.63, 3.8) is 0 Å². The molecule has 0 fully saturated rings. The van der Waals surface area contributed by atoms with Crippen LogP contribution in [0.15, 0.2) is 34.9 Å². The lowest BCUT2D eigenvalue weighted by Crippen LogP contribution is -2.05. The topological polar surface area (TPSA) is 48.8 Å². The highest BCUT2D eigenvalue weighted by Crippen LogP contribution is 2.25. The van der Waals surface area contributed by atoms with Gasteiger partial charge in [-0.15, -0.1) is 0 Å². The average Bonchev–Trinajstić information content (AvgIpc) is 2.97. The normalized spacial score (nSPS) is 11.4. The third kappa shape index (κ3) is 2.51. The molecule has 0 aliphatic heterocycles. The van der Waals surface area contributed by atoms with Crippen molar-refractivity contribution in [2.75, 3.05) is 6.54 Å². The highest BCUT2D eigenvalue weighted by Gasteiger charge is 2.12. The molecule has 0 aliphatic carbocycles. The van der Waals surface area contributed by atoms with Gasteiger partial charge < -0.3 is 10.3 Å². The zero-order valence-electron chi connectivity index (χ0n) is 12.3. The van der Waals surface area contributed by atoms with Gasteiger partial charge in [0.05, 0.1) is 22.4 Å². The number of hydrogen-bond acceptors (Lipinski definition) is 2. The second-order valence-corrected chi connectivity index (χ2v) is 6.09. The van der Waals surface area contributed by atoms with Gasteiger partial charge in [-0.25, -0.2) is 0 Å². The van der Waals surface area contributed by atoms with Gasteiger partial charge in [0.15, 0.2) is 0 Å². The number of aromatic nitrogens is 3. The molecule has 5 heteroatoms. The van der Waals surface area contributed by atoms with Gasteiger partial charge in [0.25, 0.3) is 0 Å². The summed E-state index contributed by atoms with van der Waals surface area (Å²) in [6.45, 7) is 3.49. The molecular weight excluding hydrogens is 328 g/mol. The quantitative estimate of drug-likeness (QED) is 0.789. The third-order valence-corrected chi connectivity index (χ3v) is 4.93. The first-order valence-corrected chi connectivity index (χ1v) is 7.86. The van der Waals surface area contributed by atoms with E-state index < -0.39 is 0 Å². The maximum absolute atomic E-state index is 5.70. The number of hydrogen-bond donors (Lipinski definition) is 1. The highest BCUT2D eigenvalue weighted by molar-refractivity contribution is 9.10. The summed E-state index contributed by atoms with van der Waals surface area (Å²) in [4.78, 5) is 0. The number of halogens is 1. The Hall–Kier alpha value is -1.59. The zero-order chi connectivity index (χ0) is 15.0. The summed E-state index contributed by atoms with van der Waals surface area (Å²) >= 11 is 3.64. The molecule has 21 heavy (non-hydrogen) atoms. The number of benzene rings is 1. The monoisotopic (exact) mass is 346 g/mol. The maximum Gasteiger partial charge on any atom is 0.0739 e. The van der Waals surface area contributed by atoms with E-state index in [-0.39, 0.29) is 0 Å². The summed E-state index contributed by atoms with van der Waals surface area (Å²) in [5.74, 6) is 0. The molecule has 0 bridgehead atoms. The van der Waals surface area contributed by atoms with E-state index in [1.54, 1.807) is 0 Å². The highest BCUT2D eigenvalue weighted by atomic mass is 79.9. The molecule has 2 aromatic heterocycles. The third-order valence-electron chi connectivity index (χ3n) is 3.90. The van der Waals surface area contributed by atoms with Gasteiger partial charge in [0.1, 0.15) is 0 Å². The van der Waals surface area contributed by atoms with E-state index in [4.69, 9.17) is 5.73 Å². The standard InChI is InChI=1S/C16H19BrN4/c1-11-16(17)15(20(2)19-11)10-21-9-7-13-12(6-8-18)4-3-5-14(13)21/h3-5,7,9H,6,8,10,18H2,1-2H3. The Morgan fingerprint density at radius 1 is 1.29 bits per heavy atom. The molecule has 4 nitrogen and oxygen atoms in total. The lowest BCUT2D eigenvalue weighted by molar-refractivity contribution is 0.671. The molecule has 0 atom stereocenters. The second-order valence-electron chi connectivity index (χ2n) is 5.30. The van der Waals surface area contributed by atoms with Crippen LogP contribution in [0.4, 0.5) is 0 Å². The fourth-order valence-electron chi connectivity index (χ4n) is 2.81. The molecule has 0 radical (unpaired) electrons. The van der Waals surface area contributed by atoms with Crippen LogP contribution < -0.4 is 5.73 Å². The fraction of sp³-hybridized carbons (Fsp3) is 0.312. The molecule has 0 saturated carbocycles. The summed E-state index contributed by atoms with van der Waals surface area (Å²) in [7, 11) is 1.98. The number of rotatable bonds is 4. The molecule has 3 rings (SSSR count). The maximum atomic E-state index is 5.70. The van der Waals surface area contributed by atoms with Gasteiger partial charge in [0.2, 0.25) is 0 Å². The molecule has 3 aromatic rings. The smallest absolute Gasteiger partial charge is 0.0739 e. The van der Waals surface area contributed by atoms with Crippen LogP contribution >= 0.6 is 15.9 Å². The van der Waals surface area contributed by atoms with Crippen LogP contribution in [-0.2, 0) is 20.0 Å². The number of aryl methyl sites for hydroxylation is 2. The largest absolute Gasteiger partial charge is 0.341 e. The SMILES string of the molecule is Cc1nn(C)c(Cn2ccc3c(CCN)cccc32)c1Br. The van der Waals surface area contributed by atoms with Crippen LogP contribution in [-0.4, -0.2) is 20.9 Å². The van der Waals surface area contributed by atoms with Gasteiger partial charge in [-0.05, 0) is 53.5 Å². The van der Waals surface area contributed by atoms with Crippen molar-refractivity contribution in [1.29, 1.82) is 0 Å². The Labute approximate surface area is 132 Å². The number of nitrogens with two attached hydrogens (primary N) is 1. The summed E-state index contributed by atoms with van der Waals surface area (Å²) in [5, 5.41) is 5.75. The van der Waals surface area contributed by atoms with E-state index in [1.807, 2.05) is 18.7 Å². The van der Waals surface area contributed by atoms with Crippen molar-refractivity contribution in [3.05, 3.63) is 51.9 Å². The molecule has 2 heterocycles. The van der Waals surface area contributed by atoms with Crippen molar-refractivity contribution < 1.29 is 0 Å². The molecular formula is C16H19BrN4. The summed E-state index contributed by atoms with van der Waals surface area (Å²) in [6, 6.07) is 8.60. The number of nitrogens with zero attached hydrogens (tertiary/aromatic N) is 3. The molecule has 2 N–H and O–H groups in total. The van der Waals surface area contributed by atoms with Gasteiger partial charge >= 0.3 is 0 Å². The molecule has 0 spiro atoms. The Kier molecular flexibility index (Phi) is 3.87. The Morgan fingerprint density at radius 3 is 2.76 bits per heavy atom. The van der Waals surface area contributed by atoms with Crippen molar-refractivity contribution in [3.8, 4) is 0 Å². The van der Waals surface area contributed by atoms with Gasteiger partial charge in [0, 0.05) is 24.1 Å². The predicted molar refractivity (Wildman–Crippen MR) is 89.4 cm³/mol. The van der Waals surface area contributed by atoms with Crippen molar-refractivity contribution in [2.45, 2.75) is 19.9 Å². The van der Waals surface area contributed by atoms with E-state index in [9.17, 15) is 0 Å². The molecule has 1 aromatic carbocycles. The first-order valence-electron chi connectivity index (χ1n) is 7.06. The first-order chi connectivity index (χ1) is 10.1. The lowest BCUT2D eigenvalue weighted by atomic mass is 10.1. The molecule has 0 amide bonds. The minimum atomic E-state index is 0.677. The van der Waals surface area contributed by atoms with E-state index in [1.165, 1.54) is 22.2 Å². The number of fused-ring (bicyclic) bond motifs is 1. The second kappa shape index (κ2) is 5.66. The van der Waals surface area contributed by atoms with Crippen molar-refractivity contribution in [1.82, 2.24) is 14.3 Å². The van der Waals surface area contributed by atoms with Crippen LogP contribution in [0.1, 0.15) is 17.0 Å². The average molecular weight is 347 g/mol. The van der Waals surface area contributed by atoms with Gasteiger partial charge in [-0.2, -0.15) is 5.10 Å². The minimum Gasteiger partial charge on any atom is -0.341 e. The molecule has 0 saturated heterocycles. The van der Waals surface area contributed by atoms with Crippen LogP contribution in [0.5, 0.6) is 0 Å². The van der Waals surface area contributed by atoms with Crippen LogP contribution in [0.25, 0.3) is 10.9 Å². The van der Waals surface area contributed by atoms with Crippen LogP contribution in [0.3, 0.4) is 0 Å². The summed E-state index contributed by atoms with van der Waals surface area (Å²) < 4.78 is 5.29. The van der Waals surface area contributed by atoms with Crippen molar-refractivity contribution in [2.24, 2.45) is 12.8 Å². The summed E-state index contributed by atoms with van der Waals surface area (Å²) in [5.41, 5.74) is 10.5. The predicted octanol–water partition coefficient (Wildman–Crippen LogP) is 3.00. The minimum absolute atomic E-state index is 0.677. The summed E-state index contributed by atoms with van der Waals surface area (Å²) in [6.07, 6.45) is 3.05. The Balaban J connectivity index is 2.04. The van der Waals surface area contributed by atoms with E-state index >= 15 is 0 Å². The van der Waals surface area contributed by atoms with Crippen LogP contribution in [0, 0.1) is 6.92 Å². The fourth-order valence-corrected chi connectivity index (χ4v) is 3.27. The van der Waals surface area contributed by atoms with Gasteiger partial charge in [-0.3, -0.25) is 4.68 Å². The molecule has 0 aliphatic rings. The molecule has 0 unspecified atom stereocenters. The van der Waals surface area contributed by atoms with E-state index in [2.05, 4.69) is 56.1 Å².